The topological polar surface area (TPSA) is 37.3 Å². The molecule has 0 saturated heterocycles. The van der Waals surface area contributed by atoms with Crippen LogP contribution >= 0.6 is 0 Å². The number of carboxylic acid groups (broad SMARTS) is 1. The molecule has 0 heterocycles. The Bertz CT molecular complexity index is 99.1. The summed E-state index contributed by atoms with van der Waals surface area (Å²) in [7, 11) is 0. The Labute approximate surface area is 113 Å². The van der Waals surface area contributed by atoms with E-state index in [9.17, 15) is 4.79 Å². The van der Waals surface area contributed by atoms with Crippen molar-refractivity contribution in [1.82, 2.24) is 0 Å². The Morgan fingerprint density at radius 1 is 1.17 bits per heavy atom. The van der Waals surface area contributed by atoms with E-state index >= 15 is 0 Å². The number of hydrogen-bond acceptors (Lipinski definition) is 1. The maximum atomic E-state index is 10.0. The molecular weight excluding hydrogens is 175 g/mol. The van der Waals surface area contributed by atoms with Crippen LogP contribution < -0.4 is 0 Å². The van der Waals surface area contributed by atoms with Gasteiger partial charge in [0.1, 0.15) is 0 Å². The van der Waals surface area contributed by atoms with Crippen molar-refractivity contribution in [2.45, 2.75) is 45.4 Å². The Hall–Kier alpha value is 1.24. The second-order valence-corrected chi connectivity index (χ2v) is 2.56. The Morgan fingerprint density at radius 3 is 2.08 bits per heavy atom. The first-order chi connectivity index (χ1) is 4.77. The summed E-state index contributed by atoms with van der Waals surface area (Å²) in [6.45, 7) is 2.15. The van der Waals surface area contributed by atoms with Gasteiger partial charge in [0, 0.05) is 6.42 Å². The number of carboxylic acids is 1. The van der Waals surface area contributed by atoms with Crippen LogP contribution in [-0.4, -0.2) is 63.7 Å². The van der Waals surface area contributed by atoms with Crippen molar-refractivity contribution in [3.63, 3.8) is 0 Å². The predicted molar refractivity (Wildman–Crippen MR) is 56.7 cm³/mol. The molecule has 0 aromatic heterocycles. The molecule has 0 radical (unpaired) electrons. The van der Waals surface area contributed by atoms with Crippen molar-refractivity contribution in [3.05, 3.63) is 0 Å². The van der Waals surface area contributed by atoms with Crippen molar-refractivity contribution < 1.29 is 9.90 Å². The zero-order valence-corrected chi connectivity index (χ0v) is 6.60. The van der Waals surface area contributed by atoms with Gasteiger partial charge >= 0.3 is 58.6 Å². The zero-order valence-electron chi connectivity index (χ0n) is 6.60. The zero-order chi connectivity index (χ0) is 7.82. The molecule has 0 aliphatic rings. The van der Waals surface area contributed by atoms with E-state index in [0.717, 1.165) is 12.8 Å². The minimum atomic E-state index is -0.670. The van der Waals surface area contributed by atoms with Crippen molar-refractivity contribution in [2.75, 3.05) is 0 Å². The molecule has 0 rings (SSSR count). The normalized spacial score (nSPS) is 8.08. The summed E-state index contributed by atoms with van der Waals surface area (Å²) >= 11 is 0. The third kappa shape index (κ3) is 17.4. The Morgan fingerprint density at radius 2 is 1.67 bits per heavy atom. The van der Waals surface area contributed by atoms with Crippen molar-refractivity contribution >= 4 is 58.6 Å². The van der Waals surface area contributed by atoms with Crippen molar-refractivity contribution in [1.29, 1.82) is 0 Å². The van der Waals surface area contributed by atoms with E-state index in [1.165, 1.54) is 19.3 Å². The van der Waals surface area contributed by atoms with Crippen LogP contribution in [0.15, 0.2) is 0 Å². The van der Waals surface area contributed by atoms with Crippen molar-refractivity contribution in [2.24, 2.45) is 0 Å². The summed E-state index contributed by atoms with van der Waals surface area (Å²) in [5.74, 6) is -0.670. The van der Waals surface area contributed by atoms with E-state index < -0.39 is 5.97 Å². The van der Waals surface area contributed by atoms with Crippen LogP contribution in [0.2, 0.25) is 0 Å². The molecule has 1 N–H and O–H groups in total. The van der Waals surface area contributed by atoms with E-state index in [0.29, 0.717) is 6.42 Å². The average Bonchev–Trinajstić information content (AvgIpc) is 1.87. The minimum absolute atomic E-state index is 0. The van der Waals surface area contributed by atoms with Gasteiger partial charge in [-0.1, -0.05) is 32.6 Å². The van der Waals surface area contributed by atoms with Gasteiger partial charge < -0.3 is 5.11 Å². The summed E-state index contributed by atoms with van der Waals surface area (Å²) in [6, 6.07) is 0. The van der Waals surface area contributed by atoms with Crippen LogP contribution in [-0.2, 0) is 4.79 Å². The van der Waals surface area contributed by atoms with Crippen LogP contribution in [0.4, 0.5) is 0 Å². The monoisotopic (exact) mass is 194 g/mol. The molecule has 0 saturated carbocycles. The molecule has 0 aromatic rings. The molecule has 0 unspecified atom stereocenters. The van der Waals surface area contributed by atoms with Gasteiger partial charge in [-0.2, -0.15) is 0 Å². The van der Waals surface area contributed by atoms with Gasteiger partial charge in [-0.25, -0.2) is 0 Å². The number of rotatable bonds is 6. The van der Waals surface area contributed by atoms with Crippen LogP contribution in [0, 0.1) is 0 Å². The van der Waals surface area contributed by atoms with Gasteiger partial charge in [-0.05, 0) is 6.42 Å². The van der Waals surface area contributed by atoms with Gasteiger partial charge in [-0.15, -0.1) is 0 Å². The van der Waals surface area contributed by atoms with Crippen LogP contribution in [0.1, 0.15) is 45.4 Å². The maximum absolute atomic E-state index is 10.0. The summed E-state index contributed by atoms with van der Waals surface area (Å²) < 4.78 is 0. The van der Waals surface area contributed by atoms with Gasteiger partial charge in [0.25, 0.3) is 0 Å². The van der Waals surface area contributed by atoms with E-state index in [2.05, 4.69) is 6.92 Å². The summed E-state index contributed by atoms with van der Waals surface area (Å²) in [6.07, 6.45) is 5.88. The number of carbonyl (C=O) groups is 1. The van der Waals surface area contributed by atoms with E-state index in [1.807, 2.05) is 0 Å². The van der Waals surface area contributed by atoms with Crippen molar-refractivity contribution in [3.8, 4) is 0 Å². The van der Waals surface area contributed by atoms with Gasteiger partial charge in [0.15, 0.2) is 0 Å². The van der Waals surface area contributed by atoms with E-state index in [1.54, 1.807) is 0 Å². The quantitative estimate of drug-likeness (QED) is 0.503. The molecule has 0 amide bonds. The SMILES string of the molecule is CCCCCCCC(=O)O.[MgH2].[NaH]. The third-order valence-electron chi connectivity index (χ3n) is 1.49. The Balaban J connectivity index is -0.000000405. The molecule has 4 heteroatoms. The second-order valence-electron chi connectivity index (χ2n) is 2.56. The number of aliphatic carboxylic acids is 1. The fourth-order valence-electron chi connectivity index (χ4n) is 0.880. The molecular formula is C8H19MgNaO2. The second kappa shape index (κ2) is 14.7. The van der Waals surface area contributed by atoms with Gasteiger partial charge in [-0.3, -0.25) is 4.79 Å². The molecule has 0 aliphatic heterocycles. The fourth-order valence-corrected chi connectivity index (χ4v) is 0.880. The first-order valence-corrected chi connectivity index (χ1v) is 3.99. The standard InChI is InChI=1S/C8H16O2.Mg.Na.3H/c1-2-3-4-5-6-7-8(9)10;;;;;/h2-7H2,1H3,(H,9,10);;;;;. The predicted octanol–water partition coefficient (Wildman–Crippen LogP) is 0.867. The number of hydrogen-bond donors (Lipinski definition) is 1. The van der Waals surface area contributed by atoms with Crippen LogP contribution in [0.5, 0.6) is 0 Å². The van der Waals surface area contributed by atoms with Gasteiger partial charge in [0.05, 0.1) is 0 Å². The summed E-state index contributed by atoms with van der Waals surface area (Å²) in [5.41, 5.74) is 0. The molecule has 0 bridgehead atoms. The molecule has 0 aliphatic carbocycles. The van der Waals surface area contributed by atoms with Crippen LogP contribution in [0.3, 0.4) is 0 Å². The summed E-state index contributed by atoms with van der Waals surface area (Å²) in [4.78, 5) is 10.0. The molecule has 66 valence electrons. The summed E-state index contributed by atoms with van der Waals surface area (Å²) in [5, 5.41) is 8.27. The Kier molecular flexibility index (Phi) is 23.2. The first-order valence-electron chi connectivity index (χ1n) is 3.99. The molecule has 2 nitrogen and oxygen atoms in total. The fraction of sp³-hybridized carbons (Fsp3) is 0.875. The average molecular weight is 195 g/mol. The van der Waals surface area contributed by atoms with E-state index in [-0.39, 0.29) is 52.6 Å². The van der Waals surface area contributed by atoms with Gasteiger partial charge in [0.2, 0.25) is 0 Å². The van der Waals surface area contributed by atoms with E-state index in [4.69, 9.17) is 5.11 Å². The van der Waals surface area contributed by atoms with Crippen LogP contribution in [0.25, 0.3) is 0 Å². The molecule has 0 spiro atoms. The molecule has 12 heavy (non-hydrogen) atoms. The molecule has 0 fully saturated rings. The molecule has 0 atom stereocenters. The number of unbranched alkanes of at least 4 members (excludes halogenated alkanes) is 4. The first kappa shape index (κ1) is 18.9. The third-order valence-corrected chi connectivity index (χ3v) is 1.49. The molecule has 0 aromatic carbocycles.